The number of ether oxygens (including phenoxy) is 2. The van der Waals surface area contributed by atoms with E-state index in [1.54, 1.807) is 32.4 Å². The first-order chi connectivity index (χ1) is 17.0. The number of phenolic OH excluding ortho intramolecular Hbond substituents is 1. The summed E-state index contributed by atoms with van der Waals surface area (Å²) in [4.78, 5) is 26.3. The summed E-state index contributed by atoms with van der Waals surface area (Å²) >= 11 is 1.28. The van der Waals surface area contributed by atoms with Gasteiger partial charge in [-0.05, 0) is 29.3 Å². The standard InChI is InChI=1S/C27H24N2O5S/c1-29(19-6-4-7-20(14-19)33-2)27(32)24-22(15-35-26(24)28-16-30)18-12-10-17(11-13-18)21-8-5-9-23(34-3)25(21)31/h4-16,31H,1-3H3,(H,28,30). The van der Waals surface area contributed by atoms with Crippen LogP contribution in [-0.2, 0) is 4.79 Å². The third-order valence-electron chi connectivity index (χ3n) is 5.67. The number of methoxy groups -OCH3 is 2. The number of hydrogen-bond acceptors (Lipinski definition) is 6. The third kappa shape index (κ3) is 4.69. The van der Waals surface area contributed by atoms with E-state index in [2.05, 4.69) is 5.32 Å². The third-order valence-corrected chi connectivity index (χ3v) is 6.58. The highest BCUT2D eigenvalue weighted by Gasteiger charge is 2.24. The molecule has 1 aromatic heterocycles. The van der Waals surface area contributed by atoms with E-state index in [4.69, 9.17) is 9.47 Å². The number of phenols is 1. The van der Waals surface area contributed by atoms with Crippen molar-refractivity contribution >= 4 is 34.3 Å². The number of aromatic hydroxyl groups is 1. The second-order valence-corrected chi connectivity index (χ2v) is 8.49. The van der Waals surface area contributed by atoms with E-state index in [-0.39, 0.29) is 11.7 Å². The number of nitrogens with zero attached hydrogens (tertiary/aromatic N) is 1. The molecule has 0 atom stereocenters. The van der Waals surface area contributed by atoms with Crippen molar-refractivity contribution in [3.05, 3.63) is 77.7 Å². The normalized spacial score (nSPS) is 10.5. The Morgan fingerprint density at radius 2 is 1.66 bits per heavy atom. The summed E-state index contributed by atoms with van der Waals surface area (Å²) in [5.41, 5.74) is 3.98. The number of carbonyl (C=O) groups is 2. The van der Waals surface area contributed by atoms with Gasteiger partial charge in [-0.3, -0.25) is 9.59 Å². The fourth-order valence-electron chi connectivity index (χ4n) is 3.80. The first-order valence-corrected chi connectivity index (χ1v) is 11.6. The number of amides is 2. The number of nitrogens with one attached hydrogen (secondary N) is 1. The smallest absolute Gasteiger partial charge is 0.261 e. The van der Waals surface area contributed by atoms with Crippen molar-refractivity contribution in [2.24, 2.45) is 0 Å². The van der Waals surface area contributed by atoms with Crippen LogP contribution >= 0.6 is 11.3 Å². The average molecular weight is 489 g/mol. The maximum atomic E-state index is 13.6. The van der Waals surface area contributed by atoms with Crippen LogP contribution in [0, 0.1) is 0 Å². The predicted octanol–water partition coefficient (Wildman–Crippen LogP) is 5.65. The second-order valence-electron chi connectivity index (χ2n) is 7.62. The lowest BCUT2D eigenvalue weighted by atomic mass is 9.98. The van der Waals surface area contributed by atoms with E-state index < -0.39 is 0 Å². The van der Waals surface area contributed by atoms with Crippen LogP contribution in [-0.4, -0.2) is 38.7 Å². The zero-order valence-corrected chi connectivity index (χ0v) is 20.3. The number of hydrogen-bond donors (Lipinski definition) is 2. The summed E-state index contributed by atoms with van der Waals surface area (Å²) < 4.78 is 10.5. The first-order valence-electron chi connectivity index (χ1n) is 10.7. The molecule has 0 saturated heterocycles. The minimum atomic E-state index is -0.270. The molecular formula is C27H24N2O5S. The van der Waals surface area contributed by atoms with Gasteiger partial charge in [0.1, 0.15) is 10.8 Å². The van der Waals surface area contributed by atoms with Crippen LogP contribution in [0.25, 0.3) is 22.3 Å². The molecule has 0 aliphatic rings. The summed E-state index contributed by atoms with van der Waals surface area (Å²) in [5.74, 6) is 0.817. The van der Waals surface area contributed by atoms with Crippen LogP contribution in [0.5, 0.6) is 17.2 Å². The molecule has 0 bridgehead atoms. The molecule has 0 fully saturated rings. The molecule has 4 rings (SSSR count). The summed E-state index contributed by atoms with van der Waals surface area (Å²) in [7, 11) is 4.75. The van der Waals surface area contributed by atoms with Gasteiger partial charge < -0.3 is 24.8 Å². The molecule has 7 nitrogen and oxygen atoms in total. The Balaban J connectivity index is 1.72. The van der Waals surface area contributed by atoms with Gasteiger partial charge in [0.2, 0.25) is 6.41 Å². The maximum Gasteiger partial charge on any atom is 0.261 e. The van der Waals surface area contributed by atoms with Gasteiger partial charge in [-0.2, -0.15) is 0 Å². The highest BCUT2D eigenvalue weighted by Crippen LogP contribution is 2.40. The topological polar surface area (TPSA) is 88.1 Å². The first kappa shape index (κ1) is 23.8. The quantitative estimate of drug-likeness (QED) is 0.313. The Morgan fingerprint density at radius 1 is 0.971 bits per heavy atom. The van der Waals surface area contributed by atoms with Gasteiger partial charge in [0, 0.05) is 35.3 Å². The number of thiophene rings is 1. The number of rotatable bonds is 8. The molecular weight excluding hydrogens is 464 g/mol. The van der Waals surface area contributed by atoms with E-state index >= 15 is 0 Å². The van der Waals surface area contributed by atoms with Gasteiger partial charge in [-0.1, -0.05) is 42.5 Å². The molecule has 4 aromatic rings. The highest BCUT2D eigenvalue weighted by molar-refractivity contribution is 7.15. The molecule has 3 aromatic carbocycles. The van der Waals surface area contributed by atoms with Crippen molar-refractivity contribution < 1.29 is 24.2 Å². The van der Waals surface area contributed by atoms with Gasteiger partial charge in [-0.15, -0.1) is 11.3 Å². The van der Waals surface area contributed by atoms with Crippen molar-refractivity contribution in [2.45, 2.75) is 0 Å². The molecule has 0 unspecified atom stereocenters. The lowest BCUT2D eigenvalue weighted by Gasteiger charge is -2.19. The van der Waals surface area contributed by atoms with Gasteiger partial charge in [-0.25, -0.2) is 0 Å². The Labute approximate surface area is 207 Å². The second kappa shape index (κ2) is 10.3. The van der Waals surface area contributed by atoms with E-state index in [9.17, 15) is 14.7 Å². The van der Waals surface area contributed by atoms with Crippen LogP contribution in [0.1, 0.15) is 10.4 Å². The maximum absolute atomic E-state index is 13.6. The van der Waals surface area contributed by atoms with Crippen LogP contribution in [0.3, 0.4) is 0 Å². The monoisotopic (exact) mass is 488 g/mol. The Hall–Kier alpha value is -4.30. The van der Waals surface area contributed by atoms with Crippen LogP contribution in [0.15, 0.2) is 72.1 Å². The minimum Gasteiger partial charge on any atom is -0.504 e. The molecule has 1 heterocycles. The van der Waals surface area contributed by atoms with E-state index in [0.717, 1.165) is 11.1 Å². The van der Waals surface area contributed by atoms with E-state index in [1.807, 2.05) is 53.9 Å². The van der Waals surface area contributed by atoms with Gasteiger partial charge in [0.05, 0.1) is 19.8 Å². The Kier molecular flexibility index (Phi) is 7.03. The van der Waals surface area contributed by atoms with E-state index in [0.29, 0.717) is 45.3 Å². The summed E-state index contributed by atoms with van der Waals surface area (Å²) in [6.45, 7) is 0. The zero-order valence-electron chi connectivity index (χ0n) is 19.4. The average Bonchev–Trinajstić information content (AvgIpc) is 3.32. The van der Waals surface area contributed by atoms with Crippen LogP contribution in [0.4, 0.5) is 10.7 Å². The minimum absolute atomic E-state index is 0.0616. The van der Waals surface area contributed by atoms with Crippen molar-refractivity contribution in [3.8, 4) is 39.5 Å². The summed E-state index contributed by atoms with van der Waals surface area (Å²) in [6.07, 6.45) is 0.562. The summed E-state index contributed by atoms with van der Waals surface area (Å²) in [6, 6.07) is 20.0. The van der Waals surface area contributed by atoms with Crippen molar-refractivity contribution in [1.29, 1.82) is 0 Å². The number of carbonyl (C=O) groups excluding carboxylic acids is 2. The number of anilines is 2. The molecule has 0 aliphatic carbocycles. The SMILES string of the molecule is COc1cccc(N(C)C(=O)c2c(-c3ccc(-c4cccc(OC)c4O)cc3)csc2NC=O)c1. The van der Waals surface area contributed by atoms with E-state index in [1.165, 1.54) is 23.3 Å². The molecule has 0 aliphatic heterocycles. The molecule has 2 N–H and O–H groups in total. The Bertz CT molecular complexity index is 1360. The molecule has 0 saturated carbocycles. The number of para-hydroxylation sites is 1. The van der Waals surface area contributed by atoms with Crippen molar-refractivity contribution in [3.63, 3.8) is 0 Å². The van der Waals surface area contributed by atoms with Crippen LogP contribution < -0.4 is 19.7 Å². The van der Waals surface area contributed by atoms with Crippen molar-refractivity contribution in [1.82, 2.24) is 0 Å². The van der Waals surface area contributed by atoms with Gasteiger partial charge >= 0.3 is 0 Å². The zero-order chi connectivity index (χ0) is 24.9. The molecule has 2 amide bonds. The largest absolute Gasteiger partial charge is 0.504 e. The Morgan fingerprint density at radius 3 is 2.31 bits per heavy atom. The lowest BCUT2D eigenvalue weighted by Crippen LogP contribution is -2.27. The summed E-state index contributed by atoms with van der Waals surface area (Å²) in [5, 5.41) is 15.4. The fourth-order valence-corrected chi connectivity index (χ4v) is 4.72. The van der Waals surface area contributed by atoms with Gasteiger partial charge in [0.15, 0.2) is 11.5 Å². The lowest BCUT2D eigenvalue weighted by molar-refractivity contribution is -0.105. The fraction of sp³-hybridized carbons (Fsp3) is 0.111. The molecule has 178 valence electrons. The molecule has 8 heteroatoms. The van der Waals surface area contributed by atoms with Gasteiger partial charge in [0.25, 0.3) is 5.91 Å². The predicted molar refractivity (Wildman–Crippen MR) is 139 cm³/mol. The van der Waals surface area contributed by atoms with Crippen LogP contribution in [0.2, 0.25) is 0 Å². The highest BCUT2D eigenvalue weighted by atomic mass is 32.1. The number of benzene rings is 3. The van der Waals surface area contributed by atoms with Crippen molar-refractivity contribution in [2.75, 3.05) is 31.5 Å². The molecule has 0 radical (unpaired) electrons. The molecule has 0 spiro atoms. The molecule has 35 heavy (non-hydrogen) atoms.